The van der Waals surface area contributed by atoms with Gasteiger partial charge in [0.05, 0.1) is 33.4 Å². The largest absolute Gasteiger partial charge is 0.459 e. The lowest BCUT2D eigenvalue weighted by Crippen LogP contribution is -2.65. The van der Waals surface area contributed by atoms with Crippen molar-refractivity contribution in [1.29, 1.82) is 0 Å². The van der Waals surface area contributed by atoms with Crippen molar-refractivity contribution in [2.75, 3.05) is 20.3 Å². The first kappa shape index (κ1) is 50.4. The summed E-state index contributed by atoms with van der Waals surface area (Å²) in [5.41, 5.74) is 1.02. The molecular formula is C56H50O16. The van der Waals surface area contributed by atoms with Gasteiger partial charge in [-0.15, -0.1) is 0 Å². The molecule has 6 aromatic carbocycles. The van der Waals surface area contributed by atoms with Crippen molar-refractivity contribution < 1.29 is 76.1 Å². The van der Waals surface area contributed by atoms with E-state index in [1.54, 1.807) is 153 Å². The maximum absolute atomic E-state index is 14.2. The van der Waals surface area contributed by atoms with Crippen LogP contribution in [0.2, 0.25) is 0 Å². The van der Waals surface area contributed by atoms with Gasteiger partial charge in [-0.2, -0.15) is 0 Å². The lowest BCUT2D eigenvalue weighted by molar-refractivity contribution is -0.350. The first-order chi connectivity index (χ1) is 35.1. The third-order valence-electron chi connectivity index (χ3n) is 11.9. The molecule has 0 N–H and O–H groups in total. The minimum atomic E-state index is -1.72. The van der Waals surface area contributed by atoms with E-state index in [0.717, 1.165) is 0 Å². The predicted molar refractivity (Wildman–Crippen MR) is 254 cm³/mol. The Morgan fingerprint density at radius 2 is 0.653 bits per heavy atom. The number of carbonyl (C=O) groups is 6. The zero-order valence-corrected chi connectivity index (χ0v) is 39.0. The molecule has 370 valence electrons. The zero-order chi connectivity index (χ0) is 50.4. The number of hydrogen-bond acceptors (Lipinski definition) is 16. The van der Waals surface area contributed by atoms with Crippen molar-refractivity contribution in [1.82, 2.24) is 0 Å². The first-order valence-electron chi connectivity index (χ1n) is 23.1. The average Bonchev–Trinajstić information content (AvgIpc) is 3.43. The Bertz CT molecular complexity index is 2740. The van der Waals surface area contributed by atoms with Crippen LogP contribution in [0.5, 0.6) is 0 Å². The summed E-state index contributed by atoms with van der Waals surface area (Å²) in [7, 11) is 1.28. The summed E-state index contributed by atoms with van der Waals surface area (Å²) in [6.07, 6.45) is -13.6. The lowest BCUT2D eigenvalue weighted by Gasteiger charge is -2.48. The maximum atomic E-state index is 14.2. The number of ether oxygens (including phenoxy) is 10. The molecule has 10 atom stereocenters. The van der Waals surface area contributed by atoms with Crippen LogP contribution < -0.4 is 0 Å². The van der Waals surface area contributed by atoms with Crippen LogP contribution in [-0.4, -0.2) is 111 Å². The normalized spacial score (nSPS) is 23.6. The SMILES string of the molecule is CO[C@@H]1OC(COC(=O)c2ccccc2)[C@H](OC(=O)c2ccccc2)[C@H](O[C@@H]2OC(COC(=O)c3ccccc3)[C@H](OC(=O)c3ccccc3)[C@H](C)C2OC(=O)c2ccccc2)C1OC(=O)c1ccccc1. The Morgan fingerprint density at radius 3 is 1.01 bits per heavy atom. The van der Waals surface area contributed by atoms with E-state index in [9.17, 15) is 28.8 Å². The molecule has 2 aliphatic rings. The van der Waals surface area contributed by atoms with E-state index < -0.39 is 110 Å². The Hall–Kier alpha value is -8.02. The van der Waals surface area contributed by atoms with Crippen LogP contribution in [0.15, 0.2) is 182 Å². The van der Waals surface area contributed by atoms with Crippen LogP contribution in [0.4, 0.5) is 0 Å². The fourth-order valence-electron chi connectivity index (χ4n) is 8.16. The third kappa shape index (κ3) is 12.5. The molecule has 0 aliphatic carbocycles. The van der Waals surface area contributed by atoms with Gasteiger partial charge < -0.3 is 47.4 Å². The number of rotatable bonds is 17. The van der Waals surface area contributed by atoms with Gasteiger partial charge in [-0.1, -0.05) is 116 Å². The summed E-state index contributed by atoms with van der Waals surface area (Å²) < 4.78 is 62.2. The Labute approximate surface area is 414 Å². The lowest BCUT2D eigenvalue weighted by atomic mass is 9.89. The Balaban J connectivity index is 1.22. The summed E-state index contributed by atoms with van der Waals surface area (Å²) in [5, 5.41) is 0. The van der Waals surface area contributed by atoms with Crippen molar-refractivity contribution in [2.45, 2.75) is 62.2 Å². The summed E-state index contributed by atoms with van der Waals surface area (Å²) in [4.78, 5) is 83.1. The van der Waals surface area contributed by atoms with Gasteiger partial charge in [0.25, 0.3) is 0 Å². The van der Waals surface area contributed by atoms with Crippen LogP contribution in [0.3, 0.4) is 0 Å². The van der Waals surface area contributed by atoms with E-state index in [1.165, 1.54) is 43.5 Å². The van der Waals surface area contributed by atoms with Gasteiger partial charge in [0.2, 0.25) is 0 Å². The van der Waals surface area contributed by atoms with Gasteiger partial charge in [0.1, 0.15) is 37.6 Å². The molecule has 72 heavy (non-hydrogen) atoms. The molecule has 0 spiro atoms. The summed E-state index contributed by atoms with van der Waals surface area (Å²) in [5.74, 6) is -5.78. The minimum absolute atomic E-state index is 0.114. The van der Waals surface area contributed by atoms with Crippen molar-refractivity contribution in [3.63, 3.8) is 0 Å². The number of benzene rings is 6. The third-order valence-corrected chi connectivity index (χ3v) is 11.9. The van der Waals surface area contributed by atoms with Crippen molar-refractivity contribution in [3.8, 4) is 0 Å². The van der Waals surface area contributed by atoms with Crippen LogP contribution in [-0.2, 0) is 47.4 Å². The Kier molecular flexibility index (Phi) is 16.9. The molecule has 0 saturated carbocycles. The second kappa shape index (κ2) is 24.2. The van der Waals surface area contributed by atoms with Gasteiger partial charge in [-0.05, 0) is 72.8 Å². The van der Waals surface area contributed by atoms with Crippen LogP contribution >= 0.6 is 0 Å². The van der Waals surface area contributed by atoms with Gasteiger partial charge in [0.15, 0.2) is 30.9 Å². The van der Waals surface area contributed by atoms with Crippen molar-refractivity contribution in [2.24, 2.45) is 5.92 Å². The highest BCUT2D eigenvalue weighted by molar-refractivity contribution is 5.92. The molecule has 2 fully saturated rings. The van der Waals surface area contributed by atoms with Crippen molar-refractivity contribution in [3.05, 3.63) is 215 Å². The summed E-state index contributed by atoms with van der Waals surface area (Å²) in [6.45, 7) is 0.559. The van der Waals surface area contributed by atoms with E-state index in [1.807, 2.05) is 0 Å². The molecule has 2 saturated heterocycles. The second-order valence-corrected chi connectivity index (χ2v) is 16.7. The monoisotopic (exact) mass is 978 g/mol. The van der Waals surface area contributed by atoms with Crippen molar-refractivity contribution >= 4 is 35.8 Å². The quantitative estimate of drug-likeness (QED) is 0.0636. The van der Waals surface area contributed by atoms with Gasteiger partial charge in [0, 0.05) is 13.0 Å². The number of methoxy groups -OCH3 is 1. The molecule has 2 heterocycles. The molecular weight excluding hydrogens is 929 g/mol. The fourth-order valence-corrected chi connectivity index (χ4v) is 8.16. The second-order valence-electron chi connectivity index (χ2n) is 16.7. The van der Waals surface area contributed by atoms with Crippen LogP contribution in [0, 0.1) is 5.92 Å². The fraction of sp³-hybridized carbons (Fsp3) is 0.250. The first-order valence-corrected chi connectivity index (χ1v) is 23.1. The van der Waals surface area contributed by atoms with Gasteiger partial charge >= 0.3 is 35.8 Å². The summed E-state index contributed by atoms with van der Waals surface area (Å²) >= 11 is 0. The number of carbonyl (C=O) groups excluding carboxylic acids is 6. The van der Waals surface area contributed by atoms with E-state index in [-0.39, 0.29) is 33.4 Å². The molecule has 0 aromatic heterocycles. The van der Waals surface area contributed by atoms with E-state index in [2.05, 4.69) is 0 Å². The van der Waals surface area contributed by atoms with E-state index >= 15 is 0 Å². The predicted octanol–water partition coefficient (Wildman–Crippen LogP) is 7.72. The molecule has 16 heteroatoms. The molecule has 4 unspecified atom stereocenters. The molecule has 16 nitrogen and oxygen atoms in total. The van der Waals surface area contributed by atoms with Crippen LogP contribution in [0.25, 0.3) is 0 Å². The smallest absolute Gasteiger partial charge is 0.338 e. The highest BCUT2D eigenvalue weighted by Gasteiger charge is 2.56. The molecule has 8 rings (SSSR count). The van der Waals surface area contributed by atoms with E-state index in [4.69, 9.17) is 47.4 Å². The zero-order valence-electron chi connectivity index (χ0n) is 39.0. The molecule has 6 aromatic rings. The minimum Gasteiger partial charge on any atom is -0.459 e. The topological polar surface area (TPSA) is 195 Å². The Morgan fingerprint density at radius 1 is 0.361 bits per heavy atom. The van der Waals surface area contributed by atoms with Crippen LogP contribution in [0.1, 0.15) is 69.1 Å². The number of esters is 6. The standard InChI is InChI=1S/C56H50O16/c1-35-44(68-51(59)38-25-13-5-14-26-38)42(33-64-49(57)36-21-9-3-10-22-36)67-56(45(35)69-52(60)39-27-15-6-16-28-39)72-47-46(70-53(61)40-29-17-7-18-30-40)43(34-65-50(58)37-23-11-4-12-24-37)66-55(63-2)48(47)71-54(62)41-31-19-8-20-32-41/h3-32,35,42-48,55-56H,33-34H2,1-2H3/t35-,42?,43?,44+,45?,46-,47-,48?,55+,56-/m0/s1. The highest BCUT2D eigenvalue weighted by atomic mass is 16.8. The van der Waals surface area contributed by atoms with E-state index in [0.29, 0.717) is 0 Å². The maximum Gasteiger partial charge on any atom is 0.338 e. The summed E-state index contributed by atoms with van der Waals surface area (Å²) in [6, 6.07) is 48.5. The molecule has 0 radical (unpaired) electrons. The highest BCUT2D eigenvalue weighted by Crippen LogP contribution is 2.38. The molecule has 0 amide bonds. The van der Waals surface area contributed by atoms with Gasteiger partial charge in [-0.25, -0.2) is 28.8 Å². The molecule has 0 bridgehead atoms. The average molecular weight is 979 g/mol. The van der Waals surface area contributed by atoms with Gasteiger partial charge in [-0.3, -0.25) is 0 Å². The molecule has 2 aliphatic heterocycles. The number of hydrogen-bond donors (Lipinski definition) is 0.